The molecule has 2 atom stereocenters. The Kier molecular flexibility index (Phi) is 7.13. The summed E-state index contributed by atoms with van der Waals surface area (Å²) in [5, 5.41) is 6.77. The van der Waals surface area contributed by atoms with Crippen molar-refractivity contribution in [3.05, 3.63) is 34.3 Å². The molecule has 2 rings (SSSR count). The van der Waals surface area contributed by atoms with Crippen molar-refractivity contribution in [1.82, 2.24) is 10.6 Å². The first kappa shape index (κ1) is 16.8. The van der Waals surface area contributed by atoms with E-state index < -0.39 is 0 Å². The molecule has 1 fully saturated rings. The summed E-state index contributed by atoms with van der Waals surface area (Å²) in [6, 6.07) is 9.12. The molecule has 0 aliphatic heterocycles. The van der Waals surface area contributed by atoms with E-state index in [1.165, 1.54) is 12.0 Å². The van der Waals surface area contributed by atoms with Gasteiger partial charge in [-0.1, -0.05) is 35.0 Å². The molecule has 19 heavy (non-hydrogen) atoms. The van der Waals surface area contributed by atoms with E-state index in [0.29, 0.717) is 12.0 Å². The van der Waals surface area contributed by atoms with Gasteiger partial charge in [-0.2, -0.15) is 0 Å². The zero-order chi connectivity index (χ0) is 13.0. The van der Waals surface area contributed by atoms with E-state index in [-0.39, 0.29) is 24.0 Å². The maximum absolute atomic E-state index is 4.23. The Bertz CT molecular complexity index is 419. The van der Waals surface area contributed by atoms with Gasteiger partial charge in [0.1, 0.15) is 0 Å². The van der Waals surface area contributed by atoms with Crippen LogP contribution >= 0.6 is 39.9 Å². The Morgan fingerprint density at radius 1 is 1.37 bits per heavy atom. The third kappa shape index (κ3) is 4.95. The predicted molar refractivity (Wildman–Crippen MR) is 95.5 cm³/mol. The second kappa shape index (κ2) is 8.09. The van der Waals surface area contributed by atoms with Crippen LogP contribution in [0, 0.1) is 0 Å². The van der Waals surface area contributed by atoms with Crippen molar-refractivity contribution in [2.45, 2.75) is 31.7 Å². The molecule has 1 aliphatic rings. The average Bonchev–Trinajstić information content (AvgIpc) is 3.14. The molecule has 106 valence electrons. The molecule has 1 saturated carbocycles. The van der Waals surface area contributed by atoms with Gasteiger partial charge in [0, 0.05) is 30.0 Å². The average molecular weight is 438 g/mol. The molecular formula is C14H21BrIN3. The Labute approximate surface area is 140 Å². The summed E-state index contributed by atoms with van der Waals surface area (Å²) in [5.41, 5.74) is 1.40. The molecule has 1 aromatic rings. The van der Waals surface area contributed by atoms with Gasteiger partial charge in [-0.15, -0.1) is 24.0 Å². The fraction of sp³-hybridized carbons (Fsp3) is 0.500. The number of guanidine groups is 1. The maximum atomic E-state index is 4.23. The van der Waals surface area contributed by atoms with Crippen molar-refractivity contribution in [3.8, 4) is 0 Å². The van der Waals surface area contributed by atoms with Gasteiger partial charge in [0.05, 0.1) is 0 Å². The molecule has 2 unspecified atom stereocenters. The van der Waals surface area contributed by atoms with Gasteiger partial charge in [0.25, 0.3) is 0 Å². The van der Waals surface area contributed by atoms with Crippen LogP contribution in [-0.4, -0.2) is 25.6 Å². The zero-order valence-corrected chi connectivity index (χ0v) is 15.2. The summed E-state index contributed by atoms with van der Waals surface area (Å²) in [7, 11) is 1.82. The number of hydrogen-bond donors (Lipinski definition) is 2. The van der Waals surface area contributed by atoms with Crippen LogP contribution in [0.5, 0.6) is 0 Å². The number of nitrogens with zero attached hydrogens (tertiary/aromatic N) is 1. The Hall–Kier alpha value is -0.300. The van der Waals surface area contributed by atoms with Gasteiger partial charge in [0.2, 0.25) is 0 Å². The lowest BCUT2D eigenvalue weighted by Crippen LogP contribution is -2.39. The summed E-state index contributed by atoms with van der Waals surface area (Å²) in [4.78, 5) is 4.23. The van der Waals surface area contributed by atoms with E-state index in [1.807, 2.05) is 7.05 Å². The minimum absolute atomic E-state index is 0. The first-order valence-electron chi connectivity index (χ1n) is 6.47. The molecule has 0 aromatic heterocycles. The summed E-state index contributed by atoms with van der Waals surface area (Å²) in [6.45, 7) is 3.12. The topological polar surface area (TPSA) is 36.4 Å². The smallest absolute Gasteiger partial charge is 0.191 e. The van der Waals surface area contributed by atoms with Crippen molar-refractivity contribution >= 4 is 45.9 Å². The fourth-order valence-corrected chi connectivity index (χ4v) is 2.31. The Morgan fingerprint density at radius 3 is 2.63 bits per heavy atom. The highest BCUT2D eigenvalue weighted by Crippen LogP contribution is 2.40. The highest BCUT2D eigenvalue weighted by atomic mass is 127. The monoisotopic (exact) mass is 437 g/mol. The van der Waals surface area contributed by atoms with Crippen molar-refractivity contribution < 1.29 is 0 Å². The van der Waals surface area contributed by atoms with Crippen molar-refractivity contribution in [2.75, 3.05) is 13.6 Å². The summed E-state index contributed by atoms with van der Waals surface area (Å²) < 4.78 is 1.14. The van der Waals surface area contributed by atoms with Crippen molar-refractivity contribution in [3.63, 3.8) is 0 Å². The highest BCUT2D eigenvalue weighted by molar-refractivity contribution is 14.0. The van der Waals surface area contributed by atoms with Gasteiger partial charge in [-0.05, 0) is 30.5 Å². The number of rotatable bonds is 4. The second-order valence-electron chi connectivity index (χ2n) is 4.64. The second-order valence-corrected chi connectivity index (χ2v) is 5.56. The largest absolute Gasteiger partial charge is 0.356 e. The van der Waals surface area contributed by atoms with Crippen LogP contribution in [0.2, 0.25) is 0 Å². The lowest BCUT2D eigenvalue weighted by atomic mass is 10.1. The molecule has 5 heteroatoms. The van der Waals surface area contributed by atoms with E-state index in [2.05, 4.69) is 62.7 Å². The molecule has 0 bridgehead atoms. The molecule has 3 nitrogen and oxygen atoms in total. The normalized spacial score (nSPS) is 21.5. The number of nitrogens with one attached hydrogen (secondary N) is 2. The number of aliphatic imine (C=N–C) groups is 1. The quantitative estimate of drug-likeness (QED) is 0.429. The molecule has 1 aromatic carbocycles. The van der Waals surface area contributed by atoms with E-state index >= 15 is 0 Å². The lowest BCUT2D eigenvalue weighted by Gasteiger charge is -2.10. The Morgan fingerprint density at radius 2 is 2.05 bits per heavy atom. The van der Waals surface area contributed by atoms with Crippen molar-refractivity contribution in [1.29, 1.82) is 0 Å². The third-order valence-corrected chi connectivity index (χ3v) is 3.71. The van der Waals surface area contributed by atoms with Gasteiger partial charge >= 0.3 is 0 Å². The first-order chi connectivity index (χ1) is 8.74. The predicted octanol–water partition coefficient (Wildman–Crippen LogP) is 3.50. The van der Waals surface area contributed by atoms with Gasteiger partial charge in [0.15, 0.2) is 5.96 Å². The van der Waals surface area contributed by atoms with E-state index in [0.717, 1.165) is 23.4 Å². The van der Waals surface area contributed by atoms with Crippen LogP contribution in [0.4, 0.5) is 0 Å². The van der Waals surface area contributed by atoms with Gasteiger partial charge < -0.3 is 10.6 Å². The SMILES string of the molecule is CCCNC(=NC)NC1CC1c1ccc(Br)cc1.I. The van der Waals surface area contributed by atoms with Crippen LogP contribution in [0.25, 0.3) is 0 Å². The highest BCUT2D eigenvalue weighted by Gasteiger charge is 2.38. The summed E-state index contributed by atoms with van der Waals surface area (Å²) in [5.74, 6) is 1.54. The lowest BCUT2D eigenvalue weighted by molar-refractivity contribution is 0.769. The summed E-state index contributed by atoms with van der Waals surface area (Å²) in [6.07, 6.45) is 2.30. The minimum Gasteiger partial charge on any atom is -0.356 e. The number of halogens is 2. The molecular weight excluding hydrogens is 417 g/mol. The third-order valence-electron chi connectivity index (χ3n) is 3.18. The maximum Gasteiger partial charge on any atom is 0.191 e. The molecule has 1 aliphatic carbocycles. The number of benzene rings is 1. The molecule has 0 amide bonds. The van der Waals surface area contributed by atoms with Gasteiger partial charge in [-0.3, -0.25) is 4.99 Å². The zero-order valence-electron chi connectivity index (χ0n) is 11.3. The van der Waals surface area contributed by atoms with E-state index in [4.69, 9.17) is 0 Å². The Balaban J connectivity index is 0.00000180. The molecule has 2 N–H and O–H groups in total. The molecule has 0 spiro atoms. The minimum atomic E-state index is 0. The van der Waals surface area contributed by atoms with Crippen molar-refractivity contribution in [2.24, 2.45) is 4.99 Å². The van der Waals surface area contributed by atoms with Crippen LogP contribution in [0.1, 0.15) is 31.2 Å². The molecule has 0 radical (unpaired) electrons. The first-order valence-corrected chi connectivity index (χ1v) is 7.26. The number of hydrogen-bond acceptors (Lipinski definition) is 1. The molecule has 0 saturated heterocycles. The standard InChI is InChI=1S/C14H20BrN3.HI/c1-3-8-17-14(16-2)18-13-9-12(13)10-4-6-11(15)7-5-10;/h4-7,12-13H,3,8-9H2,1-2H3,(H2,16,17,18);1H. The molecule has 0 heterocycles. The van der Waals surface area contributed by atoms with Crippen LogP contribution in [-0.2, 0) is 0 Å². The van der Waals surface area contributed by atoms with E-state index in [9.17, 15) is 0 Å². The van der Waals surface area contributed by atoms with Crippen LogP contribution in [0.3, 0.4) is 0 Å². The fourth-order valence-electron chi connectivity index (χ4n) is 2.05. The van der Waals surface area contributed by atoms with E-state index in [1.54, 1.807) is 0 Å². The van der Waals surface area contributed by atoms with Crippen LogP contribution in [0.15, 0.2) is 33.7 Å². The van der Waals surface area contributed by atoms with Gasteiger partial charge in [-0.25, -0.2) is 0 Å². The van der Waals surface area contributed by atoms with Crippen LogP contribution < -0.4 is 10.6 Å². The summed E-state index contributed by atoms with van der Waals surface area (Å²) >= 11 is 3.47.